The minimum Gasteiger partial charge on any atom is -0.284 e. The van der Waals surface area contributed by atoms with Crippen LogP contribution in [0, 0.1) is 17.1 Å². The van der Waals surface area contributed by atoms with Crippen LogP contribution in [0.4, 0.5) is 4.39 Å². The van der Waals surface area contributed by atoms with Crippen LogP contribution in [0.3, 0.4) is 0 Å². The van der Waals surface area contributed by atoms with Crippen LogP contribution in [0.5, 0.6) is 0 Å². The Morgan fingerprint density at radius 1 is 1.29 bits per heavy atom. The SMILES string of the molecule is N#CC(c1ccc(F)cc1Cl)N1CCCCC1. The Balaban J connectivity index is 2.25. The zero-order valence-electron chi connectivity index (χ0n) is 9.50. The molecule has 1 aromatic carbocycles. The van der Waals surface area contributed by atoms with Gasteiger partial charge in [-0.2, -0.15) is 5.26 Å². The largest absolute Gasteiger partial charge is 0.284 e. The fraction of sp³-hybridized carbons (Fsp3) is 0.462. The van der Waals surface area contributed by atoms with E-state index in [1.54, 1.807) is 6.07 Å². The lowest BCUT2D eigenvalue weighted by molar-refractivity contribution is 0.196. The summed E-state index contributed by atoms with van der Waals surface area (Å²) in [6, 6.07) is 6.15. The highest BCUT2D eigenvalue weighted by molar-refractivity contribution is 6.31. The van der Waals surface area contributed by atoms with Crippen LogP contribution in [0.15, 0.2) is 18.2 Å². The average molecular weight is 253 g/mol. The molecule has 0 aromatic heterocycles. The van der Waals surface area contributed by atoms with Crippen molar-refractivity contribution in [3.63, 3.8) is 0 Å². The molecule has 1 aliphatic rings. The van der Waals surface area contributed by atoms with Crippen LogP contribution in [0.25, 0.3) is 0 Å². The molecule has 17 heavy (non-hydrogen) atoms. The molecule has 1 fully saturated rings. The minimum absolute atomic E-state index is 0.335. The fourth-order valence-corrected chi connectivity index (χ4v) is 2.52. The Morgan fingerprint density at radius 3 is 2.59 bits per heavy atom. The van der Waals surface area contributed by atoms with E-state index < -0.39 is 0 Å². The first-order chi connectivity index (χ1) is 8.22. The minimum atomic E-state index is -0.367. The van der Waals surface area contributed by atoms with Crippen molar-refractivity contribution in [1.82, 2.24) is 4.90 Å². The molecule has 1 unspecified atom stereocenters. The van der Waals surface area contributed by atoms with Crippen LogP contribution in [0.1, 0.15) is 30.9 Å². The van der Waals surface area contributed by atoms with E-state index in [-0.39, 0.29) is 11.9 Å². The van der Waals surface area contributed by atoms with Gasteiger partial charge in [0.2, 0.25) is 0 Å². The summed E-state index contributed by atoms with van der Waals surface area (Å²) in [6.45, 7) is 1.82. The Morgan fingerprint density at radius 2 is 2.00 bits per heavy atom. The van der Waals surface area contributed by atoms with Gasteiger partial charge in [0, 0.05) is 10.6 Å². The van der Waals surface area contributed by atoms with E-state index in [0.717, 1.165) is 25.9 Å². The van der Waals surface area contributed by atoms with Crippen molar-refractivity contribution in [2.24, 2.45) is 0 Å². The highest BCUT2D eigenvalue weighted by Gasteiger charge is 2.23. The molecule has 0 spiro atoms. The summed E-state index contributed by atoms with van der Waals surface area (Å²) in [4.78, 5) is 2.11. The summed E-state index contributed by atoms with van der Waals surface area (Å²) in [7, 11) is 0. The molecule has 1 aliphatic heterocycles. The molecular formula is C13H14ClFN2. The zero-order chi connectivity index (χ0) is 12.3. The summed E-state index contributed by atoms with van der Waals surface area (Å²) in [5, 5.41) is 9.62. The number of nitriles is 1. The first-order valence-corrected chi connectivity index (χ1v) is 6.19. The number of likely N-dealkylation sites (tertiary alicyclic amines) is 1. The number of rotatable bonds is 2. The van der Waals surface area contributed by atoms with E-state index in [4.69, 9.17) is 11.6 Å². The van der Waals surface area contributed by atoms with Crippen LogP contribution in [-0.2, 0) is 0 Å². The second-order valence-electron chi connectivity index (χ2n) is 4.29. The molecular weight excluding hydrogens is 239 g/mol. The van der Waals surface area contributed by atoms with E-state index in [0.29, 0.717) is 10.6 Å². The van der Waals surface area contributed by atoms with Crippen molar-refractivity contribution in [3.8, 4) is 6.07 Å². The van der Waals surface area contributed by atoms with Gasteiger partial charge in [-0.25, -0.2) is 4.39 Å². The highest BCUT2D eigenvalue weighted by atomic mass is 35.5. The number of nitrogens with zero attached hydrogens (tertiary/aromatic N) is 2. The fourth-order valence-electron chi connectivity index (χ4n) is 2.25. The third-order valence-corrected chi connectivity index (χ3v) is 3.46. The third-order valence-electron chi connectivity index (χ3n) is 3.14. The molecule has 0 aliphatic carbocycles. The predicted octanol–water partition coefficient (Wildman–Crippen LogP) is 3.53. The molecule has 2 nitrogen and oxygen atoms in total. The normalized spacial score (nSPS) is 18.6. The Hall–Kier alpha value is -1.11. The van der Waals surface area contributed by atoms with Crippen LogP contribution >= 0.6 is 11.6 Å². The standard InChI is InChI=1S/C13H14ClFN2/c14-12-8-10(15)4-5-11(12)13(9-16)17-6-2-1-3-7-17/h4-5,8,13H,1-3,6-7H2. The van der Waals surface area contributed by atoms with Gasteiger partial charge in [0.1, 0.15) is 11.9 Å². The van der Waals surface area contributed by atoms with E-state index in [9.17, 15) is 9.65 Å². The molecule has 1 saturated heterocycles. The summed E-state index contributed by atoms with van der Waals surface area (Å²) >= 11 is 6.00. The number of piperidine rings is 1. The molecule has 1 heterocycles. The Labute approximate surface area is 106 Å². The van der Waals surface area contributed by atoms with E-state index in [1.807, 2.05) is 0 Å². The summed E-state index contributed by atoms with van der Waals surface area (Å²) < 4.78 is 13.0. The van der Waals surface area contributed by atoms with Crippen molar-refractivity contribution >= 4 is 11.6 Å². The lowest BCUT2D eigenvalue weighted by Crippen LogP contribution is -2.33. The molecule has 90 valence electrons. The maximum absolute atomic E-state index is 13.0. The third kappa shape index (κ3) is 2.77. The first kappa shape index (κ1) is 12.3. The van der Waals surface area contributed by atoms with E-state index in [1.165, 1.54) is 18.6 Å². The molecule has 0 radical (unpaired) electrons. The highest BCUT2D eigenvalue weighted by Crippen LogP contribution is 2.29. The molecule has 1 aromatic rings. The second-order valence-corrected chi connectivity index (χ2v) is 4.70. The van der Waals surface area contributed by atoms with Gasteiger partial charge in [-0.3, -0.25) is 4.90 Å². The van der Waals surface area contributed by atoms with Crippen LogP contribution < -0.4 is 0 Å². The molecule has 2 rings (SSSR count). The predicted molar refractivity (Wildman–Crippen MR) is 65.2 cm³/mol. The summed E-state index contributed by atoms with van der Waals surface area (Å²) in [6.07, 6.45) is 3.43. The summed E-state index contributed by atoms with van der Waals surface area (Å²) in [5.74, 6) is -0.367. The molecule has 0 N–H and O–H groups in total. The lowest BCUT2D eigenvalue weighted by atomic mass is 10.0. The second kappa shape index (κ2) is 5.48. The number of halogens is 2. The molecule has 0 saturated carbocycles. The van der Waals surface area contributed by atoms with Gasteiger partial charge < -0.3 is 0 Å². The van der Waals surface area contributed by atoms with Crippen molar-refractivity contribution in [3.05, 3.63) is 34.6 Å². The smallest absolute Gasteiger partial charge is 0.125 e. The van der Waals surface area contributed by atoms with Gasteiger partial charge in [0.25, 0.3) is 0 Å². The first-order valence-electron chi connectivity index (χ1n) is 5.81. The van der Waals surface area contributed by atoms with E-state index in [2.05, 4.69) is 11.0 Å². The number of hydrogen-bond donors (Lipinski definition) is 0. The van der Waals surface area contributed by atoms with Crippen molar-refractivity contribution < 1.29 is 4.39 Å². The average Bonchev–Trinajstić information content (AvgIpc) is 2.34. The Kier molecular flexibility index (Phi) is 3.98. The summed E-state index contributed by atoms with van der Waals surface area (Å²) in [5.41, 5.74) is 0.706. The van der Waals surface area contributed by atoms with Gasteiger partial charge in [-0.05, 0) is 38.1 Å². The van der Waals surface area contributed by atoms with Gasteiger partial charge in [0.15, 0.2) is 0 Å². The van der Waals surface area contributed by atoms with E-state index >= 15 is 0 Å². The maximum Gasteiger partial charge on any atom is 0.125 e. The molecule has 1 atom stereocenters. The number of benzene rings is 1. The van der Waals surface area contributed by atoms with Gasteiger partial charge in [0.05, 0.1) is 6.07 Å². The maximum atomic E-state index is 13.0. The van der Waals surface area contributed by atoms with Crippen LogP contribution in [0.2, 0.25) is 5.02 Å². The van der Waals surface area contributed by atoms with Gasteiger partial charge in [-0.1, -0.05) is 24.1 Å². The topological polar surface area (TPSA) is 27.0 Å². The quantitative estimate of drug-likeness (QED) is 0.805. The molecule has 4 heteroatoms. The Bertz CT molecular complexity index is 436. The molecule has 0 amide bonds. The van der Waals surface area contributed by atoms with Crippen molar-refractivity contribution in [2.75, 3.05) is 13.1 Å². The van der Waals surface area contributed by atoms with Crippen LogP contribution in [-0.4, -0.2) is 18.0 Å². The number of hydrogen-bond acceptors (Lipinski definition) is 2. The van der Waals surface area contributed by atoms with Gasteiger partial charge in [-0.15, -0.1) is 0 Å². The molecule has 0 bridgehead atoms. The zero-order valence-corrected chi connectivity index (χ0v) is 10.3. The monoisotopic (exact) mass is 252 g/mol. The lowest BCUT2D eigenvalue weighted by Gasteiger charge is -2.31. The van der Waals surface area contributed by atoms with Crippen molar-refractivity contribution in [2.45, 2.75) is 25.3 Å². The van der Waals surface area contributed by atoms with Crippen molar-refractivity contribution in [1.29, 1.82) is 5.26 Å². The van der Waals surface area contributed by atoms with Gasteiger partial charge >= 0.3 is 0 Å².